The Balaban J connectivity index is 0.00000261. The maximum Gasteiger partial charge on any atom is 0.237 e. The van der Waals surface area contributed by atoms with E-state index in [1.807, 2.05) is 30.3 Å². The Morgan fingerprint density at radius 1 is 1.22 bits per heavy atom. The molecule has 5 heteroatoms. The Bertz CT molecular complexity index is 732. The Labute approximate surface area is 173 Å². The second-order valence-corrected chi connectivity index (χ2v) is 8.26. The highest BCUT2D eigenvalue weighted by Gasteiger charge is 2.23. The van der Waals surface area contributed by atoms with Gasteiger partial charge in [0.25, 0.3) is 0 Å². The SMILES string of the molecule is Cc1ccc(SC(C(=O)NCCC2CCNC2)c2ccccc2)c(C)c1.Cl. The normalized spacial score (nSPS) is 17.2. The largest absolute Gasteiger partial charge is 0.355 e. The molecule has 0 saturated carbocycles. The molecule has 2 N–H and O–H groups in total. The van der Waals surface area contributed by atoms with Crippen molar-refractivity contribution in [1.29, 1.82) is 0 Å². The van der Waals surface area contributed by atoms with Crippen molar-refractivity contribution in [2.24, 2.45) is 5.92 Å². The van der Waals surface area contributed by atoms with Gasteiger partial charge in [-0.15, -0.1) is 24.2 Å². The first-order valence-corrected chi connectivity index (χ1v) is 10.3. The fraction of sp³-hybridized carbons (Fsp3) is 0.409. The van der Waals surface area contributed by atoms with Gasteiger partial charge >= 0.3 is 0 Å². The molecule has 2 unspecified atom stereocenters. The molecule has 1 fully saturated rings. The van der Waals surface area contributed by atoms with Crippen LogP contribution in [0.1, 0.15) is 34.8 Å². The van der Waals surface area contributed by atoms with Gasteiger partial charge in [-0.25, -0.2) is 0 Å². The van der Waals surface area contributed by atoms with Crippen LogP contribution in [0.3, 0.4) is 0 Å². The highest BCUT2D eigenvalue weighted by atomic mass is 35.5. The summed E-state index contributed by atoms with van der Waals surface area (Å²) in [5.41, 5.74) is 3.52. The quantitative estimate of drug-likeness (QED) is 0.658. The smallest absolute Gasteiger partial charge is 0.237 e. The molecule has 146 valence electrons. The molecule has 1 saturated heterocycles. The van der Waals surface area contributed by atoms with E-state index in [-0.39, 0.29) is 23.6 Å². The summed E-state index contributed by atoms with van der Waals surface area (Å²) >= 11 is 1.64. The predicted octanol–water partition coefficient (Wildman–Crippen LogP) is 4.67. The van der Waals surface area contributed by atoms with Gasteiger partial charge in [-0.1, -0.05) is 48.0 Å². The average molecular weight is 405 g/mol. The number of hydrogen-bond acceptors (Lipinski definition) is 3. The Kier molecular flexibility index (Phi) is 8.68. The van der Waals surface area contributed by atoms with Crippen LogP contribution < -0.4 is 10.6 Å². The van der Waals surface area contributed by atoms with Gasteiger partial charge in [0, 0.05) is 11.4 Å². The van der Waals surface area contributed by atoms with E-state index in [1.54, 1.807) is 11.8 Å². The van der Waals surface area contributed by atoms with E-state index in [9.17, 15) is 4.79 Å². The number of carbonyl (C=O) groups excluding carboxylic acids is 1. The minimum atomic E-state index is -0.223. The molecule has 2 aromatic rings. The summed E-state index contributed by atoms with van der Waals surface area (Å²) in [5.74, 6) is 0.796. The molecular weight excluding hydrogens is 376 g/mol. The molecule has 1 heterocycles. The molecule has 3 rings (SSSR count). The van der Waals surface area contributed by atoms with E-state index in [1.165, 1.54) is 22.4 Å². The van der Waals surface area contributed by atoms with Crippen LogP contribution in [-0.2, 0) is 4.79 Å². The number of amides is 1. The maximum atomic E-state index is 13.0. The lowest BCUT2D eigenvalue weighted by molar-refractivity contribution is -0.120. The van der Waals surface area contributed by atoms with Gasteiger partial charge in [-0.3, -0.25) is 4.79 Å². The number of aryl methyl sites for hydroxylation is 2. The predicted molar refractivity (Wildman–Crippen MR) is 117 cm³/mol. The van der Waals surface area contributed by atoms with Crippen molar-refractivity contribution in [3.63, 3.8) is 0 Å². The van der Waals surface area contributed by atoms with E-state index in [0.717, 1.165) is 31.6 Å². The average Bonchev–Trinajstić information content (AvgIpc) is 3.15. The summed E-state index contributed by atoms with van der Waals surface area (Å²) in [5, 5.41) is 6.33. The fourth-order valence-corrected chi connectivity index (χ4v) is 4.54. The Morgan fingerprint density at radius 2 is 2.00 bits per heavy atom. The van der Waals surface area contributed by atoms with Gasteiger partial charge < -0.3 is 10.6 Å². The molecule has 0 radical (unpaired) electrons. The zero-order valence-electron chi connectivity index (χ0n) is 16.0. The number of thioether (sulfide) groups is 1. The van der Waals surface area contributed by atoms with Crippen molar-refractivity contribution >= 4 is 30.1 Å². The molecule has 1 aliphatic heterocycles. The fourth-order valence-electron chi connectivity index (χ4n) is 3.41. The molecule has 1 amide bonds. The lowest BCUT2D eigenvalue weighted by Gasteiger charge is -2.19. The van der Waals surface area contributed by atoms with E-state index in [0.29, 0.717) is 5.92 Å². The Hall–Kier alpha value is -1.49. The van der Waals surface area contributed by atoms with Crippen LogP contribution >= 0.6 is 24.2 Å². The first kappa shape index (κ1) is 21.8. The molecule has 0 aliphatic carbocycles. The zero-order chi connectivity index (χ0) is 18.4. The lowest BCUT2D eigenvalue weighted by Crippen LogP contribution is -2.30. The molecule has 3 nitrogen and oxygen atoms in total. The number of carbonyl (C=O) groups is 1. The first-order valence-electron chi connectivity index (χ1n) is 9.41. The van der Waals surface area contributed by atoms with E-state index in [4.69, 9.17) is 0 Å². The standard InChI is InChI=1S/C22H28N2OS.ClH/c1-16-8-9-20(17(2)14-16)26-21(19-6-4-3-5-7-19)22(25)24-13-11-18-10-12-23-15-18;/h3-9,14,18,21,23H,10-13,15H2,1-2H3,(H,24,25);1H. The van der Waals surface area contributed by atoms with Gasteiger partial charge in [0.1, 0.15) is 5.25 Å². The number of rotatable bonds is 7. The molecule has 0 spiro atoms. The monoisotopic (exact) mass is 404 g/mol. The van der Waals surface area contributed by atoms with Crippen molar-refractivity contribution < 1.29 is 4.79 Å². The van der Waals surface area contributed by atoms with Crippen molar-refractivity contribution in [3.8, 4) is 0 Å². The second-order valence-electron chi connectivity index (χ2n) is 7.12. The third-order valence-corrected chi connectivity index (χ3v) is 6.36. The third kappa shape index (κ3) is 6.27. The minimum Gasteiger partial charge on any atom is -0.355 e. The summed E-state index contributed by atoms with van der Waals surface area (Å²) in [4.78, 5) is 14.1. The topological polar surface area (TPSA) is 41.1 Å². The third-order valence-electron chi connectivity index (χ3n) is 4.93. The van der Waals surface area contributed by atoms with E-state index < -0.39 is 0 Å². The van der Waals surface area contributed by atoms with Gasteiger partial charge in [0.2, 0.25) is 5.91 Å². The number of hydrogen-bond donors (Lipinski definition) is 2. The molecule has 27 heavy (non-hydrogen) atoms. The molecule has 2 aromatic carbocycles. The molecule has 1 aliphatic rings. The van der Waals surface area contributed by atoms with Crippen LogP contribution in [0.5, 0.6) is 0 Å². The molecule has 0 aromatic heterocycles. The highest BCUT2D eigenvalue weighted by molar-refractivity contribution is 8.00. The highest BCUT2D eigenvalue weighted by Crippen LogP contribution is 2.37. The maximum absolute atomic E-state index is 13.0. The zero-order valence-corrected chi connectivity index (χ0v) is 17.7. The first-order chi connectivity index (χ1) is 12.6. The number of benzene rings is 2. The van der Waals surface area contributed by atoms with Crippen LogP contribution in [-0.4, -0.2) is 25.5 Å². The van der Waals surface area contributed by atoms with Gasteiger partial charge in [-0.05, 0) is 62.9 Å². The lowest BCUT2D eigenvalue weighted by atomic mass is 10.1. The van der Waals surface area contributed by atoms with Crippen LogP contribution in [0, 0.1) is 19.8 Å². The molecule has 0 bridgehead atoms. The van der Waals surface area contributed by atoms with E-state index in [2.05, 4.69) is 42.7 Å². The van der Waals surface area contributed by atoms with E-state index >= 15 is 0 Å². The van der Waals surface area contributed by atoms with Crippen LogP contribution in [0.2, 0.25) is 0 Å². The summed E-state index contributed by atoms with van der Waals surface area (Å²) in [6.45, 7) is 7.15. The van der Waals surface area contributed by atoms with Crippen LogP contribution in [0.15, 0.2) is 53.4 Å². The number of halogens is 1. The van der Waals surface area contributed by atoms with Crippen molar-refractivity contribution in [1.82, 2.24) is 10.6 Å². The van der Waals surface area contributed by atoms with Crippen molar-refractivity contribution in [2.75, 3.05) is 19.6 Å². The molecular formula is C22H29ClN2OS. The number of nitrogens with one attached hydrogen (secondary N) is 2. The summed E-state index contributed by atoms with van der Waals surface area (Å²) in [6, 6.07) is 16.5. The molecule has 2 atom stereocenters. The summed E-state index contributed by atoms with van der Waals surface area (Å²) in [6.07, 6.45) is 2.27. The van der Waals surface area contributed by atoms with Crippen LogP contribution in [0.4, 0.5) is 0 Å². The van der Waals surface area contributed by atoms with Gasteiger partial charge in [0.05, 0.1) is 0 Å². The van der Waals surface area contributed by atoms with Crippen LogP contribution in [0.25, 0.3) is 0 Å². The van der Waals surface area contributed by atoms with Crippen molar-refractivity contribution in [2.45, 2.75) is 36.8 Å². The van der Waals surface area contributed by atoms with Gasteiger partial charge in [0.15, 0.2) is 0 Å². The summed E-state index contributed by atoms with van der Waals surface area (Å²) < 4.78 is 0. The second kappa shape index (κ2) is 10.7. The Morgan fingerprint density at radius 3 is 2.67 bits per heavy atom. The van der Waals surface area contributed by atoms with Crippen molar-refractivity contribution in [3.05, 3.63) is 65.2 Å². The van der Waals surface area contributed by atoms with Gasteiger partial charge in [-0.2, -0.15) is 0 Å². The summed E-state index contributed by atoms with van der Waals surface area (Å²) in [7, 11) is 0. The minimum absolute atomic E-state index is 0.